The van der Waals surface area contributed by atoms with Gasteiger partial charge in [-0.15, -0.1) is 0 Å². The van der Waals surface area contributed by atoms with Gasteiger partial charge in [0.2, 0.25) is 5.88 Å². The fraction of sp³-hybridized carbons (Fsp3) is 0.591. The maximum Gasteiger partial charge on any atom is 0.252 e. The van der Waals surface area contributed by atoms with E-state index in [2.05, 4.69) is 26.8 Å². The van der Waals surface area contributed by atoms with Crippen LogP contribution in [0, 0.1) is 5.92 Å². The average molecular weight is 414 g/mol. The molecule has 1 amide bonds. The number of carbonyl (C=O) groups is 1. The summed E-state index contributed by atoms with van der Waals surface area (Å²) in [5, 5.41) is 7.90. The third-order valence-corrected chi connectivity index (χ3v) is 6.12. The van der Waals surface area contributed by atoms with Crippen molar-refractivity contribution >= 4 is 5.91 Å². The number of nitrogens with one attached hydrogen (secondary N) is 1. The number of hydrogen-bond acceptors (Lipinski definition) is 6. The van der Waals surface area contributed by atoms with Crippen molar-refractivity contribution in [1.82, 2.24) is 25.0 Å². The number of hydrogen-bond donors (Lipinski definition) is 1. The smallest absolute Gasteiger partial charge is 0.252 e. The molecule has 0 spiro atoms. The van der Waals surface area contributed by atoms with Gasteiger partial charge in [-0.05, 0) is 44.8 Å². The third-order valence-electron chi connectivity index (χ3n) is 6.12. The summed E-state index contributed by atoms with van der Waals surface area (Å²) in [5.41, 5.74) is 4.38. The van der Waals surface area contributed by atoms with Crippen LogP contribution in [-0.4, -0.2) is 58.9 Å². The average Bonchev–Trinajstić information content (AvgIpc) is 3.16. The fourth-order valence-electron chi connectivity index (χ4n) is 4.30. The van der Waals surface area contributed by atoms with Crippen molar-refractivity contribution in [2.75, 3.05) is 33.4 Å². The van der Waals surface area contributed by atoms with Crippen LogP contribution in [0.5, 0.6) is 5.88 Å². The van der Waals surface area contributed by atoms with Crippen LogP contribution in [0.4, 0.5) is 0 Å². The first-order chi connectivity index (χ1) is 14.7. The van der Waals surface area contributed by atoms with Crippen LogP contribution in [0.25, 0.3) is 0 Å². The standard InChI is InChI=1S/C22H31N5O3/c1-3-27-20-8-11-30-15-18(20)19(25-27)14-26-9-6-16(7-10-26)12-24-22(28)17-4-5-21(29-2)23-13-17/h4-5,13,16H,3,6-12,14-15H2,1-2H3,(H,24,28). The topological polar surface area (TPSA) is 81.5 Å². The van der Waals surface area contributed by atoms with Crippen molar-refractivity contribution < 1.29 is 14.3 Å². The highest BCUT2D eigenvalue weighted by Crippen LogP contribution is 2.24. The van der Waals surface area contributed by atoms with E-state index < -0.39 is 0 Å². The molecular weight excluding hydrogens is 382 g/mol. The molecule has 2 aliphatic heterocycles. The molecule has 2 aromatic rings. The highest BCUT2D eigenvalue weighted by Gasteiger charge is 2.25. The van der Waals surface area contributed by atoms with Gasteiger partial charge in [-0.25, -0.2) is 4.98 Å². The summed E-state index contributed by atoms with van der Waals surface area (Å²) in [5.74, 6) is 0.932. The van der Waals surface area contributed by atoms with Crippen molar-refractivity contribution in [1.29, 1.82) is 0 Å². The molecule has 162 valence electrons. The number of nitrogens with zero attached hydrogens (tertiary/aromatic N) is 4. The summed E-state index contributed by atoms with van der Waals surface area (Å²) in [6, 6.07) is 3.45. The first-order valence-electron chi connectivity index (χ1n) is 10.8. The van der Waals surface area contributed by atoms with Crippen LogP contribution in [0.2, 0.25) is 0 Å². The maximum atomic E-state index is 12.3. The molecule has 0 radical (unpaired) electrons. The number of ether oxygens (including phenoxy) is 2. The van der Waals surface area contributed by atoms with E-state index in [9.17, 15) is 4.79 Å². The molecule has 2 aromatic heterocycles. The van der Waals surface area contributed by atoms with Crippen LogP contribution in [-0.2, 0) is 30.9 Å². The number of rotatable bonds is 7. The predicted molar refractivity (Wildman–Crippen MR) is 112 cm³/mol. The number of amides is 1. The lowest BCUT2D eigenvalue weighted by molar-refractivity contribution is 0.0934. The minimum absolute atomic E-state index is 0.0793. The third kappa shape index (κ3) is 4.65. The summed E-state index contributed by atoms with van der Waals surface area (Å²) in [6.45, 7) is 8.18. The molecule has 2 aliphatic rings. The molecule has 4 heterocycles. The second-order valence-corrected chi connectivity index (χ2v) is 8.01. The van der Waals surface area contributed by atoms with E-state index in [4.69, 9.17) is 14.6 Å². The maximum absolute atomic E-state index is 12.3. The van der Waals surface area contributed by atoms with E-state index in [1.807, 2.05) is 0 Å². The Balaban J connectivity index is 1.25. The van der Waals surface area contributed by atoms with Gasteiger partial charge in [0.1, 0.15) is 0 Å². The number of aryl methyl sites for hydroxylation is 1. The Labute approximate surface area is 177 Å². The van der Waals surface area contributed by atoms with Crippen molar-refractivity contribution in [3.8, 4) is 5.88 Å². The summed E-state index contributed by atoms with van der Waals surface area (Å²) in [6.07, 6.45) is 4.67. The quantitative estimate of drug-likeness (QED) is 0.748. The molecule has 0 unspecified atom stereocenters. The summed E-state index contributed by atoms with van der Waals surface area (Å²) in [7, 11) is 1.56. The fourth-order valence-corrected chi connectivity index (χ4v) is 4.30. The Hall–Kier alpha value is -2.45. The Bertz CT molecular complexity index is 856. The summed E-state index contributed by atoms with van der Waals surface area (Å²) >= 11 is 0. The minimum Gasteiger partial charge on any atom is -0.481 e. The van der Waals surface area contributed by atoms with E-state index in [1.165, 1.54) is 17.0 Å². The number of piperidine rings is 1. The molecule has 0 saturated carbocycles. The normalized spacial score (nSPS) is 17.5. The van der Waals surface area contributed by atoms with E-state index in [0.29, 0.717) is 30.5 Å². The van der Waals surface area contributed by atoms with Crippen LogP contribution in [0.1, 0.15) is 47.1 Å². The summed E-state index contributed by atoms with van der Waals surface area (Å²) in [4.78, 5) is 18.9. The second kappa shape index (κ2) is 9.57. The SMILES string of the molecule is CCn1nc(CN2CCC(CNC(=O)c3ccc(OC)nc3)CC2)c2c1CCOC2. The Kier molecular flexibility index (Phi) is 6.64. The highest BCUT2D eigenvalue weighted by atomic mass is 16.5. The van der Waals surface area contributed by atoms with E-state index in [-0.39, 0.29) is 5.91 Å². The highest BCUT2D eigenvalue weighted by molar-refractivity contribution is 5.93. The van der Waals surface area contributed by atoms with E-state index in [1.54, 1.807) is 25.4 Å². The monoisotopic (exact) mass is 413 g/mol. The molecule has 0 aromatic carbocycles. The zero-order valence-corrected chi connectivity index (χ0v) is 17.9. The Morgan fingerprint density at radius 1 is 1.33 bits per heavy atom. The molecule has 0 aliphatic carbocycles. The lowest BCUT2D eigenvalue weighted by Gasteiger charge is -2.31. The van der Waals surface area contributed by atoms with Gasteiger partial charge in [0, 0.05) is 49.6 Å². The second-order valence-electron chi connectivity index (χ2n) is 8.01. The molecule has 8 nitrogen and oxygen atoms in total. The van der Waals surface area contributed by atoms with Gasteiger partial charge in [-0.3, -0.25) is 14.4 Å². The van der Waals surface area contributed by atoms with Gasteiger partial charge in [0.05, 0.1) is 31.6 Å². The van der Waals surface area contributed by atoms with Crippen LogP contribution < -0.4 is 10.1 Å². The van der Waals surface area contributed by atoms with Crippen molar-refractivity contribution in [3.63, 3.8) is 0 Å². The van der Waals surface area contributed by atoms with Crippen LogP contribution in [0.3, 0.4) is 0 Å². The molecular formula is C22H31N5O3. The Morgan fingerprint density at radius 2 is 2.17 bits per heavy atom. The van der Waals surface area contributed by atoms with Gasteiger partial charge in [0.25, 0.3) is 5.91 Å². The summed E-state index contributed by atoms with van der Waals surface area (Å²) < 4.78 is 12.9. The molecule has 0 bridgehead atoms. The molecule has 1 N–H and O–H groups in total. The van der Waals surface area contributed by atoms with Crippen molar-refractivity contribution in [2.45, 2.75) is 45.9 Å². The van der Waals surface area contributed by atoms with E-state index >= 15 is 0 Å². The number of pyridine rings is 1. The lowest BCUT2D eigenvalue weighted by Crippen LogP contribution is -2.38. The number of aromatic nitrogens is 3. The number of methoxy groups -OCH3 is 1. The van der Waals surface area contributed by atoms with Gasteiger partial charge in [-0.2, -0.15) is 5.10 Å². The zero-order valence-electron chi connectivity index (χ0n) is 17.9. The number of likely N-dealkylation sites (tertiary alicyclic amines) is 1. The largest absolute Gasteiger partial charge is 0.481 e. The van der Waals surface area contributed by atoms with Crippen LogP contribution in [0.15, 0.2) is 18.3 Å². The van der Waals surface area contributed by atoms with Gasteiger partial charge < -0.3 is 14.8 Å². The van der Waals surface area contributed by atoms with Gasteiger partial charge >= 0.3 is 0 Å². The van der Waals surface area contributed by atoms with Gasteiger partial charge in [-0.1, -0.05) is 0 Å². The predicted octanol–water partition coefficient (Wildman–Crippen LogP) is 2.02. The van der Waals surface area contributed by atoms with Crippen molar-refractivity contribution in [3.05, 3.63) is 40.8 Å². The number of carbonyl (C=O) groups excluding carboxylic acids is 1. The molecule has 4 rings (SSSR count). The molecule has 0 atom stereocenters. The van der Waals surface area contributed by atoms with Crippen LogP contribution >= 0.6 is 0 Å². The lowest BCUT2D eigenvalue weighted by atomic mass is 9.96. The molecule has 1 fully saturated rings. The van der Waals surface area contributed by atoms with Crippen molar-refractivity contribution in [2.24, 2.45) is 5.92 Å². The first kappa shape index (κ1) is 20.8. The first-order valence-corrected chi connectivity index (χ1v) is 10.8. The zero-order chi connectivity index (χ0) is 20.9. The Morgan fingerprint density at radius 3 is 2.87 bits per heavy atom. The molecule has 1 saturated heterocycles. The van der Waals surface area contributed by atoms with Gasteiger partial charge in [0.15, 0.2) is 0 Å². The molecule has 8 heteroatoms. The minimum atomic E-state index is -0.0793. The van der Waals surface area contributed by atoms with E-state index in [0.717, 1.165) is 52.0 Å². The number of fused-ring (bicyclic) bond motifs is 1. The molecule has 30 heavy (non-hydrogen) atoms.